The zero-order valence-corrected chi connectivity index (χ0v) is 18.7. The molecule has 0 radical (unpaired) electrons. The summed E-state index contributed by atoms with van der Waals surface area (Å²) in [7, 11) is -0.498. The summed E-state index contributed by atoms with van der Waals surface area (Å²) in [5.74, 6) is 0.908. The van der Waals surface area contributed by atoms with Gasteiger partial charge in [0, 0.05) is 30.0 Å². The SMILES string of the molecule is CCCc1cc(=O)oc2c3c(c4c(c12)P(C)CC(C)C4OCC)OC(C)CC3=O. The minimum atomic E-state index is -0.498. The largest absolute Gasteiger partial charge is 0.489 e. The van der Waals surface area contributed by atoms with Gasteiger partial charge < -0.3 is 13.9 Å². The maximum atomic E-state index is 13.1. The highest BCUT2D eigenvalue weighted by atomic mass is 31.1. The van der Waals surface area contributed by atoms with E-state index in [1.165, 1.54) is 5.30 Å². The number of ketones is 1. The quantitative estimate of drug-likeness (QED) is 0.540. The molecule has 0 N–H and O–H groups in total. The average Bonchev–Trinajstić information content (AvgIpc) is 2.64. The summed E-state index contributed by atoms with van der Waals surface area (Å²) in [4.78, 5) is 25.5. The lowest BCUT2D eigenvalue weighted by Crippen LogP contribution is -2.35. The molecule has 1 aromatic heterocycles. The summed E-state index contributed by atoms with van der Waals surface area (Å²) in [5, 5.41) is 2.15. The second-order valence-corrected chi connectivity index (χ2v) is 10.5. The van der Waals surface area contributed by atoms with Crippen LogP contribution in [0.3, 0.4) is 0 Å². The van der Waals surface area contributed by atoms with Crippen molar-refractivity contribution in [3.05, 3.63) is 33.2 Å². The molecule has 0 saturated carbocycles. The lowest BCUT2D eigenvalue weighted by molar-refractivity contribution is 0.0267. The number of carbonyl (C=O) groups excluding carboxylic acids is 1. The number of hydrogen-bond acceptors (Lipinski definition) is 5. The number of Topliss-reactive ketones (excluding diaryl/α,β-unsaturated/α-hetero) is 1. The Morgan fingerprint density at radius 1 is 1.24 bits per heavy atom. The van der Waals surface area contributed by atoms with Gasteiger partial charge in [0.05, 0.1) is 6.10 Å². The lowest BCUT2D eigenvalue weighted by atomic mass is 9.88. The Hall–Kier alpha value is -1.71. The first-order chi connectivity index (χ1) is 13.9. The standard InChI is InChI=1S/C23H29O5P/c1-6-8-14-10-16(25)28-21-17(14)23-19(20(26-7-2)12(3)11-29(23)5)22-18(21)15(24)9-13(4)27-22/h10,12-13,20H,6-9,11H2,1-5H3. The molecule has 2 aliphatic rings. The zero-order chi connectivity index (χ0) is 20.9. The minimum absolute atomic E-state index is 0.0164. The van der Waals surface area contributed by atoms with Gasteiger partial charge in [-0.1, -0.05) is 28.2 Å². The molecule has 6 heteroatoms. The topological polar surface area (TPSA) is 65.7 Å². The molecule has 0 fully saturated rings. The van der Waals surface area contributed by atoms with Crippen LogP contribution < -0.4 is 15.7 Å². The molecule has 5 nitrogen and oxygen atoms in total. The monoisotopic (exact) mass is 416 g/mol. The number of hydrogen-bond donors (Lipinski definition) is 0. The van der Waals surface area contributed by atoms with Gasteiger partial charge in [-0.3, -0.25) is 4.79 Å². The first-order valence-corrected chi connectivity index (χ1v) is 12.5. The molecule has 0 amide bonds. The number of rotatable bonds is 4. The fourth-order valence-corrected chi connectivity index (χ4v) is 7.40. The van der Waals surface area contributed by atoms with Crippen LogP contribution in [0.25, 0.3) is 11.0 Å². The Morgan fingerprint density at radius 2 is 2.00 bits per heavy atom. The highest BCUT2D eigenvalue weighted by Crippen LogP contribution is 2.53. The van der Waals surface area contributed by atoms with E-state index in [1.807, 2.05) is 13.8 Å². The van der Waals surface area contributed by atoms with Gasteiger partial charge in [-0.2, -0.15) is 0 Å². The van der Waals surface area contributed by atoms with Gasteiger partial charge in [0.2, 0.25) is 0 Å². The molecular formula is C23H29O5P. The maximum Gasteiger partial charge on any atom is 0.336 e. The van der Waals surface area contributed by atoms with Gasteiger partial charge in [-0.25, -0.2) is 4.79 Å². The molecule has 0 aliphatic carbocycles. The molecule has 2 aliphatic heterocycles. The fraction of sp³-hybridized carbons (Fsp3) is 0.565. The van der Waals surface area contributed by atoms with Crippen molar-refractivity contribution in [2.24, 2.45) is 5.92 Å². The highest BCUT2D eigenvalue weighted by Gasteiger charge is 2.41. The summed E-state index contributed by atoms with van der Waals surface area (Å²) in [6, 6.07) is 1.60. The zero-order valence-electron chi connectivity index (χ0n) is 17.8. The van der Waals surface area contributed by atoms with Gasteiger partial charge in [-0.05, 0) is 49.9 Å². The van der Waals surface area contributed by atoms with E-state index in [-0.39, 0.29) is 18.0 Å². The summed E-state index contributed by atoms with van der Waals surface area (Å²) >= 11 is 0. The van der Waals surface area contributed by atoms with Crippen molar-refractivity contribution in [2.75, 3.05) is 19.4 Å². The summed E-state index contributed by atoms with van der Waals surface area (Å²) in [6.45, 7) is 11.1. The van der Waals surface area contributed by atoms with E-state index in [1.54, 1.807) is 6.07 Å². The Bertz CT molecular complexity index is 1020. The second-order valence-electron chi connectivity index (χ2n) is 8.30. The molecule has 3 heterocycles. The Labute approximate surface area is 172 Å². The summed E-state index contributed by atoms with van der Waals surface area (Å²) in [6.07, 6.45) is 2.69. The van der Waals surface area contributed by atoms with E-state index in [9.17, 15) is 9.59 Å². The third kappa shape index (κ3) is 3.33. The van der Waals surface area contributed by atoms with E-state index >= 15 is 0 Å². The summed E-state index contributed by atoms with van der Waals surface area (Å²) in [5.41, 5.74) is 2.46. The van der Waals surface area contributed by atoms with Crippen molar-refractivity contribution in [3.63, 3.8) is 0 Å². The maximum absolute atomic E-state index is 13.1. The number of fused-ring (bicyclic) bond motifs is 6. The van der Waals surface area contributed by atoms with Gasteiger partial charge in [0.15, 0.2) is 11.4 Å². The molecule has 2 aromatic rings. The molecule has 29 heavy (non-hydrogen) atoms. The van der Waals surface area contributed by atoms with Crippen molar-refractivity contribution in [2.45, 2.75) is 59.2 Å². The van der Waals surface area contributed by atoms with Crippen LogP contribution >= 0.6 is 7.92 Å². The van der Waals surface area contributed by atoms with Crippen molar-refractivity contribution < 1.29 is 18.7 Å². The van der Waals surface area contributed by atoms with E-state index in [2.05, 4.69) is 20.5 Å². The molecule has 1 aromatic carbocycles. The first-order valence-electron chi connectivity index (χ1n) is 10.6. The van der Waals surface area contributed by atoms with Gasteiger partial charge in [0.1, 0.15) is 17.4 Å². The number of carbonyl (C=O) groups is 1. The van der Waals surface area contributed by atoms with Gasteiger partial charge >= 0.3 is 5.63 Å². The lowest BCUT2D eigenvalue weighted by Gasteiger charge is -2.39. The van der Waals surface area contributed by atoms with E-state index < -0.39 is 13.5 Å². The Kier molecular flexibility index (Phi) is 5.56. The summed E-state index contributed by atoms with van der Waals surface area (Å²) < 4.78 is 18.2. The van der Waals surface area contributed by atoms with Crippen LogP contribution in [0.2, 0.25) is 0 Å². The molecule has 0 spiro atoms. The molecule has 0 bridgehead atoms. The normalized spacial score (nSPS) is 26.2. The second kappa shape index (κ2) is 7.85. The average molecular weight is 416 g/mol. The van der Waals surface area contributed by atoms with Crippen LogP contribution in [-0.4, -0.2) is 31.3 Å². The molecule has 0 saturated heterocycles. The van der Waals surface area contributed by atoms with Gasteiger partial charge in [0.25, 0.3) is 0 Å². The molecule has 4 unspecified atom stereocenters. The number of ether oxygens (including phenoxy) is 2. The van der Waals surface area contributed by atoms with Crippen LogP contribution in [0, 0.1) is 5.92 Å². The third-order valence-corrected chi connectivity index (χ3v) is 8.27. The van der Waals surface area contributed by atoms with E-state index in [0.717, 1.165) is 35.5 Å². The van der Waals surface area contributed by atoms with Crippen molar-refractivity contribution in [3.8, 4) is 5.75 Å². The van der Waals surface area contributed by atoms with Crippen LogP contribution in [0.4, 0.5) is 0 Å². The minimum Gasteiger partial charge on any atom is -0.489 e. The van der Waals surface area contributed by atoms with Crippen LogP contribution in [0.1, 0.15) is 68.1 Å². The molecule has 4 atom stereocenters. The first kappa shape index (κ1) is 20.6. The predicted octanol–water partition coefficient (Wildman–Crippen LogP) is 4.56. The van der Waals surface area contributed by atoms with Crippen molar-refractivity contribution in [1.29, 1.82) is 0 Å². The van der Waals surface area contributed by atoms with Gasteiger partial charge in [-0.15, -0.1) is 0 Å². The number of aryl methyl sites for hydroxylation is 1. The van der Waals surface area contributed by atoms with Crippen LogP contribution in [0.15, 0.2) is 15.3 Å². The van der Waals surface area contributed by atoms with Crippen molar-refractivity contribution in [1.82, 2.24) is 0 Å². The predicted molar refractivity (Wildman–Crippen MR) is 116 cm³/mol. The molecule has 156 valence electrons. The third-order valence-electron chi connectivity index (χ3n) is 5.91. The highest BCUT2D eigenvalue weighted by molar-refractivity contribution is 7.65. The van der Waals surface area contributed by atoms with E-state index in [4.69, 9.17) is 13.9 Å². The van der Waals surface area contributed by atoms with E-state index in [0.29, 0.717) is 35.8 Å². The fourth-order valence-electron chi connectivity index (χ4n) is 4.90. The van der Waals surface area contributed by atoms with Crippen molar-refractivity contribution >= 4 is 30.0 Å². The molecule has 4 rings (SSSR count). The number of benzene rings is 1. The van der Waals surface area contributed by atoms with Crippen LogP contribution in [0.5, 0.6) is 5.75 Å². The molecular weight excluding hydrogens is 387 g/mol. The smallest absolute Gasteiger partial charge is 0.336 e. The van der Waals surface area contributed by atoms with Crippen LogP contribution in [-0.2, 0) is 11.2 Å². The Balaban J connectivity index is 2.19. The Morgan fingerprint density at radius 3 is 2.69 bits per heavy atom.